The van der Waals surface area contributed by atoms with Gasteiger partial charge in [0.05, 0.1) is 32.7 Å². The van der Waals surface area contributed by atoms with E-state index in [9.17, 15) is 19.5 Å². The molecule has 0 rings (SSSR count). The number of esters is 3. The summed E-state index contributed by atoms with van der Waals surface area (Å²) in [5.41, 5.74) is 0. The molecule has 0 spiro atoms. The maximum atomic E-state index is 12.9. The maximum absolute atomic E-state index is 12.9. The largest absolute Gasteiger partial charge is 0.466 e. The highest BCUT2D eigenvalue weighted by Crippen LogP contribution is 2.15. The summed E-state index contributed by atoms with van der Waals surface area (Å²) in [4.78, 5) is 43.1. The molecule has 0 atom stereocenters. The minimum atomic E-state index is -0.389. The van der Waals surface area contributed by atoms with Gasteiger partial charge in [0.25, 0.3) is 0 Å². The van der Waals surface area contributed by atoms with Crippen LogP contribution in [0.15, 0.2) is 48.6 Å². The van der Waals surface area contributed by atoms with Crippen LogP contribution in [0.25, 0.3) is 0 Å². The Kier molecular flexibility index (Phi) is 68.2. The lowest BCUT2D eigenvalue weighted by molar-refractivity contribution is -0.159. The van der Waals surface area contributed by atoms with E-state index in [0.29, 0.717) is 65.5 Å². The van der Waals surface area contributed by atoms with E-state index in [1.54, 1.807) is 0 Å². The molecular weight excluding hydrogens is 1090 g/mol. The lowest BCUT2D eigenvalue weighted by Gasteiger charge is -2.28. The molecule has 0 saturated carbocycles. The highest BCUT2D eigenvalue weighted by Gasteiger charge is 2.16. The highest BCUT2D eigenvalue weighted by molar-refractivity contribution is 5.70. The molecule has 0 aromatic rings. The third-order valence-corrected chi connectivity index (χ3v) is 15.5. The van der Waals surface area contributed by atoms with Crippen molar-refractivity contribution in [2.45, 2.75) is 317 Å². The second kappa shape index (κ2) is 70.5. The van der Waals surface area contributed by atoms with E-state index in [1.807, 2.05) is 0 Å². The van der Waals surface area contributed by atoms with Gasteiger partial charge in [-0.3, -0.25) is 14.4 Å². The van der Waals surface area contributed by atoms with Gasteiger partial charge >= 0.3 is 17.9 Å². The van der Waals surface area contributed by atoms with Gasteiger partial charge in [-0.25, -0.2) is 0 Å². The van der Waals surface area contributed by atoms with Crippen LogP contribution < -0.4 is 0 Å². The van der Waals surface area contributed by atoms with Gasteiger partial charge in [0, 0.05) is 71.9 Å². The molecular formula is C74H138N2O11. The summed E-state index contributed by atoms with van der Waals surface area (Å²) in [5, 5.41) is 9.79. The van der Waals surface area contributed by atoms with Gasteiger partial charge in [0.2, 0.25) is 0 Å². The summed E-state index contributed by atoms with van der Waals surface area (Å²) in [6.07, 6.45) is 58.4. The molecule has 87 heavy (non-hydrogen) atoms. The average Bonchev–Trinajstić information content (AvgIpc) is 3.54. The van der Waals surface area contributed by atoms with E-state index in [0.717, 1.165) is 245 Å². The van der Waals surface area contributed by atoms with Crippen molar-refractivity contribution in [3.63, 3.8) is 0 Å². The molecule has 0 radical (unpaired) electrons. The number of rotatable bonds is 70. The molecule has 0 aromatic heterocycles. The first-order valence-corrected chi connectivity index (χ1v) is 36.4. The molecule has 0 amide bonds. The summed E-state index contributed by atoms with van der Waals surface area (Å²) in [5.74, 6) is -0.417. The van der Waals surface area contributed by atoms with Crippen molar-refractivity contribution < 1.29 is 52.6 Å². The van der Waals surface area contributed by atoms with E-state index >= 15 is 0 Å². The number of hydrogen-bond acceptors (Lipinski definition) is 13. The molecule has 0 unspecified atom stereocenters. The van der Waals surface area contributed by atoms with Crippen LogP contribution in [-0.4, -0.2) is 138 Å². The fourth-order valence-electron chi connectivity index (χ4n) is 10.2. The fraction of sp³-hybridized carbons (Fsp3) is 0.851. The van der Waals surface area contributed by atoms with Gasteiger partial charge in [-0.15, -0.1) is 0 Å². The molecule has 13 heteroatoms. The van der Waals surface area contributed by atoms with Gasteiger partial charge in [0.1, 0.15) is 0 Å². The zero-order valence-electron chi connectivity index (χ0n) is 57.3. The van der Waals surface area contributed by atoms with Crippen molar-refractivity contribution in [3.05, 3.63) is 48.6 Å². The van der Waals surface area contributed by atoms with Gasteiger partial charge in [0.15, 0.2) is 12.6 Å². The SMILES string of the molecule is CC/C=C\CCCCOC(CCC(=O)OCCCCCCN(CCCCCCOC(=O)CCC(OCCCC/C=C\CC)OCCCC/C=C\CC)CCN(CCCO)CCCCCCCC(=O)OCCCCCCCCC)OCCCC/C=C\CC. The van der Waals surface area contributed by atoms with Crippen molar-refractivity contribution in [2.24, 2.45) is 0 Å². The van der Waals surface area contributed by atoms with Crippen LogP contribution >= 0.6 is 0 Å². The van der Waals surface area contributed by atoms with E-state index in [1.165, 1.54) is 32.1 Å². The Labute approximate surface area is 535 Å². The molecule has 0 aliphatic carbocycles. The zero-order chi connectivity index (χ0) is 63.2. The standard InChI is InChI=1S/C74H138N2O11/c1-6-11-16-21-26-36-43-63-81-70(78)51-39-28-27-29-40-58-76(59-50-62-77)61-60-75(56-41-30-37-44-64-82-71(79)52-54-73(84-66-46-32-22-17-12-7-2)85-67-47-33-23-18-13-8-3)57-42-31-38-45-65-83-72(80)53-55-74(86-68-48-34-24-19-14-9-4)87-69-49-35-25-20-15-10-5/h12-15,17-20,73-74,77H,6-11,16,21-69H2,1-5H3/b17-12-,18-13-,19-14-,20-15-. The number of carbonyl (C=O) groups is 3. The predicted octanol–water partition coefficient (Wildman–Crippen LogP) is 18.6. The van der Waals surface area contributed by atoms with Gasteiger partial charge in [-0.05, 0) is 174 Å². The third-order valence-electron chi connectivity index (χ3n) is 15.5. The van der Waals surface area contributed by atoms with Crippen molar-refractivity contribution in [1.82, 2.24) is 9.80 Å². The minimum absolute atomic E-state index is 0.0503. The number of allylic oxidation sites excluding steroid dienone is 8. The minimum Gasteiger partial charge on any atom is -0.466 e. The van der Waals surface area contributed by atoms with Crippen molar-refractivity contribution in [1.29, 1.82) is 0 Å². The number of aliphatic hydroxyl groups excluding tert-OH is 1. The molecule has 0 aliphatic heterocycles. The Morgan fingerprint density at radius 1 is 0.310 bits per heavy atom. The Morgan fingerprint density at radius 3 is 0.931 bits per heavy atom. The van der Waals surface area contributed by atoms with Crippen LogP contribution in [0.2, 0.25) is 0 Å². The summed E-state index contributed by atoms with van der Waals surface area (Å²) < 4.78 is 41.4. The smallest absolute Gasteiger partial charge is 0.305 e. The van der Waals surface area contributed by atoms with Gasteiger partial charge < -0.3 is 48.1 Å². The molecule has 0 saturated heterocycles. The number of nitrogens with zero attached hydrogens (tertiary/aromatic N) is 2. The highest BCUT2D eigenvalue weighted by atomic mass is 16.7. The van der Waals surface area contributed by atoms with Crippen LogP contribution in [-0.2, 0) is 47.5 Å². The number of unbranched alkanes of at least 4 members (excludes halogenated alkanes) is 24. The van der Waals surface area contributed by atoms with Crippen LogP contribution in [0.5, 0.6) is 0 Å². The number of aliphatic hydroxyl groups is 1. The van der Waals surface area contributed by atoms with E-state index in [4.69, 9.17) is 33.2 Å². The Hall–Kier alpha value is -2.91. The second-order valence-corrected chi connectivity index (χ2v) is 23.8. The average molecular weight is 1230 g/mol. The molecule has 0 heterocycles. The molecule has 0 aromatic carbocycles. The molecule has 0 fully saturated rings. The summed E-state index contributed by atoms with van der Waals surface area (Å²) >= 11 is 0. The Bertz CT molecular complexity index is 1440. The van der Waals surface area contributed by atoms with E-state index in [-0.39, 0.29) is 49.9 Å². The zero-order valence-corrected chi connectivity index (χ0v) is 57.3. The van der Waals surface area contributed by atoms with E-state index < -0.39 is 0 Å². The van der Waals surface area contributed by atoms with Crippen LogP contribution in [0.1, 0.15) is 304 Å². The summed E-state index contributed by atoms with van der Waals surface area (Å²) in [6, 6.07) is 0. The Balaban J connectivity index is 5.16. The van der Waals surface area contributed by atoms with Crippen molar-refractivity contribution >= 4 is 17.9 Å². The number of carbonyl (C=O) groups excluding carboxylic acids is 3. The normalized spacial score (nSPS) is 12.2. The number of hydrogen-bond donors (Lipinski definition) is 1. The molecule has 510 valence electrons. The van der Waals surface area contributed by atoms with Gasteiger partial charge in [-0.2, -0.15) is 0 Å². The van der Waals surface area contributed by atoms with E-state index in [2.05, 4.69) is 93.0 Å². The molecule has 0 bridgehead atoms. The first-order chi connectivity index (χ1) is 42.8. The quantitative estimate of drug-likeness (QED) is 0.0203. The lowest BCUT2D eigenvalue weighted by atomic mass is 10.1. The van der Waals surface area contributed by atoms with Crippen LogP contribution in [0.3, 0.4) is 0 Å². The fourth-order valence-corrected chi connectivity index (χ4v) is 10.2. The first kappa shape index (κ1) is 84.1. The summed E-state index contributed by atoms with van der Waals surface area (Å²) in [6.45, 7) is 20.9. The van der Waals surface area contributed by atoms with Gasteiger partial charge in [-0.1, -0.05) is 167 Å². The monoisotopic (exact) mass is 1230 g/mol. The topological polar surface area (TPSA) is 143 Å². The maximum Gasteiger partial charge on any atom is 0.305 e. The van der Waals surface area contributed by atoms with Crippen molar-refractivity contribution in [2.75, 3.05) is 92.1 Å². The predicted molar refractivity (Wildman–Crippen MR) is 363 cm³/mol. The van der Waals surface area contributed by atoms with Crippen LogP contribution in [0, 0.1) is 0 Å². The first-order valence-electron chi connectivity index (χ1n) is 36.4. The van der Waals surface area contributed by atoms with Crippen LogP contribution in [0.4, 0.5) is 0 Å². The lowest BCUT2D eigenvalue weighted by Crippen LogP contribution is -2.37. The third kappa shape index (κ3) is 64.4. The second-order valence-electron chi connectivity index (χ2n) is 23.8. The molecule has 1 N–H and O–H groups in total. The van der Waals surface area contributed by atoms with Crippen molar-refractivity contribution in [3.8, 4) is 0 Å². The Morgan fingerprint density at radius 2 is 0.598 bits per heavy atom. The molecule has 13 nitrogen and oxygen atoms in total. The number of ether oxygens (including phenoxy) is 7. The molecule has 0 aliphatic rings. The summed E-state index contributed by atoms with van der Waals surface area (Å²) in [7, 11) is 0.